The van der Waals surface area contributed by atoms with Crippen LogP contribution in [0.2, 0.25) is 0 Å². The molecule has 0 aliphatic carbocycles. The molecule has 0 bridgehead atoms. The van der Waals surface area contributed by atoms with Gasteiger partial charge in [-0.1, -0.05) is 30.3 Å². The smallest absolute Gasteiger partial charge is 0.319 e. The van der Waals surface area contributed by atoms with E-state index in [1.807, 2.05) is 37.3 Å². The summed E-state index contributed by atoms with van der Waals surface area (Å²) >= 11 is 0. The van der Waals surface area contributed by atoms with Crippen LogP contribution in [0.1, 0.15) is 35.8 Å². The summed E-state index contributed by atoms with van der Waals surface area (Å²) in [5, 5.41) is 5.61. The molecule has 0 aliphatic heterocycles. The second-order valence-electron chi connectivity index (χ2n) is 4.86. The van der Waals surface area contributed by atoms with E-state index in [0.717, 1.165) is 5.56 Å². The molecule has 21 heavy (non-hydrogen) atoms. The van der Waals surface area contributed by atoms with Crippen LogP contribution in [0.4, 0.5) is 10.5 Å². The summed E-state index contributed by atoms with van der Waals surface area (Å²) < 4.78 is 0. The minimum Gasteiger partial charge on any atom is -0.331 e. The van der Waals surface area contributed by atoms with E-state index in [4.69, 9.17) is 0 Å². The highest BCUT2D eigenvalue weighted by atomic mass is 16.2. The van der Waals surface area contributed by atoms with Gasteiger partial charge in [-0.2, -0.15) is 0 Å². The molecule has 0 aliphatic rings. The van der Waals surface area contributed by atoms with Crippen molar-refractivity contribution in [2.45, 2.75) is 19.9 Å². The van der Waals surface area contributed by atoms with Crippen LogP contribution in [0.3, 0.4) is 0 Å². The summed E-state index contributed by atoms with van der Waals surface area (Å²) in [6.07, 6.45) is 0. The number of carbonyl (C=O) groups is 2. The average Bonchev–Trinajstić information content (AvgIpc) is 2.48. The van der Waals surface area contributed by atoms with Gasteiger partial charge in [-0.15, -0.1) is 0 Å². The lowest BCUT2D eigenvalue weighted by molar-refractivity contribution is 0.101. The zero-order valence-electron chi connectivity index (χ0n) is 12.1. The zero-order chi connectivity index (χ0) is 15.2. The van der Waals surface area contributed by atoms with Crippen LogP contribution >= 0.6 is 0 Å². The maximum Gasteiger partial charge on any atom is 0.319 e. The Hall–Kier alpha value is -2.62. The van der Waals surface area contributed by atoms with E-state index in [-0.39, 0.29) is 17.9 Å². The molecule has 0 radical (unpaired) electrons. The van der Waals surface area contributed by atoms with Gasteiger partial charge in [0, 0.05) is 11.3 Å². The number of hydrogen-bond donors (Lipinski definition) is 2. The van der Waals surface area contributed by atoms with Crippen LogP contribution in [-0.2, 0) is 0 Å². The van der Waals surface area contributed by atoms with Crippen molar-refractivity contribution in [2.75, 3.05) is 5.32 Å². The Bertz CT molecular complexity index is 621. The number of urea groups is 1. The lowest BCUT2D eigenvalue weighted by atomic mass is 10.1. The first-order valence-corrected chi connectivity index (χ1v) is 6.79. The molecule has 4 heteroatoms. The van der Waals surface area contributed by atoms with Crippen molar-refractivity contribution in [3.63, 3.8) is 0 Å². The molecule has 0 spiro atoms. The molecule has 0 heterocycles. The van der Waals surface area contributed by atoms with E-state index in [1.54, 1.807) is 24.3 Å². The largest absolute Gasteiger partial charge is 0.331 e. The second kappa shape index (κ2) is 6.70. The van der Waals surface area contributed by atoms with Gasteiger partial charge in [-0.25, -0.2) is 4.79 Å². The molecule has 2 rings (SSSR count). The Morgan fingerprint density at radius 1 is 0.952 bits per heavy atom. The van der Waals surface area contributed by atoms with E-state index >= 15 is 0 Å². The van der Waals surface area contributed by atoms with Gasteiger partial charge in [0.15, 0.2) is 5.78 Å². The molecule has 2 amide bonds. The SMILES string of the molecule is CC(=O)c1ccc(NC(=O)N[C@@H](C)c2ccccc2)cc1. The first-order chi connectivity index (χ1) is 10.1. The fourth-order valence-corrected chi connectivity index (χ4v) is 1.98. The third-order valence-corrected chi connectivity index (χ3v) is 3.20. The number of Topliss-reactive ketones (excluding diaryl/α,β-unsaturated/α-hetero) is 1. The van der Waals surface area contributed by atoms with E-state index in [1.165, 1.54) is 6.92 Å². The molecule has 2 aromatic carbocycles. The van der Waals surface area contributed by atoms with Crippen LogP contribution in [0.25, 0.3) is 0 Å². The highest BCUT2D eigenvalue weighted by Crippen LogP contribution is 2.13. The fraction of sp³-hybridized carbons (Fsp3) is 0.176. The van der Waals surface area contributed by atoms with Crippen LogP contribution < -0.4 is 10.6 Å². The van der Waals surface area contributed by atoms with Gasteiger partial charge in [0.25, 0.3) is 0 Å². The van der Waals surface area contributed by atoms with Gasteiger partial charge < -0.3 is 10.6 Å². The van der Waals surface area contributed by atoms with Crippen LogP contribution in [0.15, 0.2) is 54.6 Å². The van der Waals surface area contributed by atoms with Crippen molar-refractivity contribution in [2.24, 2.45) is 0 Å². The Kier molecular flexibility index (Phi) is 4.72. The third kappa shape index (κ3) is 4.18. The van der Waals surface area contributed by atoms with Crippen molar-refractivity contribution in [3.8, 4) is 0 Å². The van der Waals surface area contributed by atoms with E-state index in [0.29, 0.717) is 11.3 Å². The highest BCUT2D eigenvalue weighted by molar-refractivity contribution is 5.95. The number of nitrogens with one attached hydrogen (secondary N) is 2. The monoisotopic (exact) mass is 282 g/mol. The average molecular weight is 282 g/mol. The Labute approximate surface area is 124 Å². The Balaban J connectivity index is 1.94. The topological polar surface area (TPSA) is 58.2 Å². The summed E-state index contributed by atoms with van der Waals surface area (Å²) in [5.74, 6) is 0.00343. The van der Waals surface area contributed by atoms with Crippen LogP contribution in [0.5, 0.6) is 0 Å². The van der Waals surface area contributed by atoms with Crippen molar-refractivity contribution < 1.29 is 9.59 Å². The Morgan fingerprint density at radius 3 is 2.14 bits per heavy atom. The molecule has 108 valence electrons. The molecule has 4 nitrogen and oxygen atoms in total. The number of hydrogen-bond acceptors (Lipinski definition) is 2. The lowest BCUT2D eigenvalue weighted by Crippen LogP contribution is -2.31. The summed E-state index contributed by atoms with van der Waals surface area (Å²) in [4.78, 5) is 23.1. The van der Waals surface area contributed by atoms with Crippen molar-refractivity contribution >= 4 is 17.5 Å². The first-order valence-electron chi connectivity index (χ1n) is 6.79. The molecule has 0 fully saturated rings. The standard InChI is InChI=1S/C17H18N2O2/c1-12(14-6-4-3-5-7-14)18-17(21)19-16-10-8-15(9-11-16)13(2)20/h3-12H,1-2H3,(H2,18,19,21)/t12-/m0/s1. The van der Waals surface area contributed by atoms with E-state index < -0.39 is 0 Å². The lowest BCUT2D eigenvalue weighted by Gasteiger charge is -2.15. The number of carbonyl (C=O) groups excluding carboxylic acids is 2. The van der Waals surface area contributed by atoms with Crippen LogP contribution in [-0.4, -0.2) is 11.8 Å². The molecule has 2 N–H and O–H groups in total. The molecular weight excluding hydrogens is 264 g/mol. The van der Waals surface area contributed by atoms with E-state index in [9.17, 15) is 9.59 Å². The minimum atomic E-state index is -0.276. The van der Waals surface area contributed by atoms with E-state index in [2.05, 4.69) is 10.6 Å². The number of amides is 2. The van der Waals surface area contributed by atoms with Gasteiger partial charge in [0.05, 0.1) is 6.04 Å². The third-order valence-electron chi connectivity index (χ3n) is 3.20. The molecule has 0 saturated carbocycles. The number of rotatable bonds is 4. The molecule has 0 saturated heterocycles. The van der Waals surface area contributed by atoms with Crippen LogP contribution in [0, 0.1) is 0 Å². The molecule has 0 aromatic heterocycles. The second-order valence-corrected chi connectivity index (χ2v) is 4.86. The summed E-state index contributed by atoms with van der Waals surface area (Å²) in [6, 6.07) is 16.2. The maximum atomic E-state index is 11.9. The van der Waals surface area contributed by atoms with Crippen molar-refractivity contribution in [3.05, 3.63) is 65.7 Å². The number of ketones is 1. The van der Waals surface area contributed by atoms with Gasteiger partial charge in [-0.05, 0) is 43.7 Å². The first kappa shape index (κ1) is 14.8. The molecule has 2 aromatic rings. The van der Waals surface area contributed by atoms with Gasteiger partial charge in [-0.3, -0.25) is 4.79 Å². The highest BCUT2D eigenvalue weighted by Gasteiger charge is 2.09. The Morgan fingerprint density at radius 2 is 1.57 bits per heavy atom. The normalized spacial score (nSPS) is 11.5. The summed E-state index contributed by atoms with van der Waals surface area (Å²) in [7, 11) is 0. The molecule has 0 unspecified atom stereocenters. The minimum absolute atomic E-state index is 0.00343. The predicted molar refractivity (Wildman–Crippen MR) is 83.5 cm³/mol. The number of anilines is 1. The summed E-state index contributed by atoms with van der Waals surface area (Å²) in [6.45, 7) is 3.43. The molecule has 1 atom stereocenters. The summed E-state index contributed by atoms with van der Waals surface area (Å²) in [5.41, 5.74) is 2.32. The zero-order valence-corrected chi connectivity index (χ0v) is 12.1. The molecular formula is C17H18N2O2. The van der Waals surface area contributed by atoms with Crippen molar-refractivity contribution in [1.82, 2.24) is 5.32 Å². The quantitative estimate of drug-likeness (QED) is 0.839. The predicted octanol–water partition coefficient (Wildman–Crippen LogP) is 3.77. The maximum absolute atomic E-state index is 11.9. The van der Waals surface area contributed by atoms with Gasteiger partial charge in [0.1, 0.15) is 0 Å². The number of benzene rings is 2. The van der Waals surface area contributed by atoms with Crippen molar-refractivity contribution in [1.29, 1.82) is 0 Å². The van der Waals surface area contributed by atoms with Gasteiger partial charge in [0.2, 0.25) is 0 Å². The fourth-order valence-electron chi connectivity index (χ4n) is 1.98. The van der Waals surface area contributed by atoms with Gasteiger partial charge >= 0.3 is 6.03 Å².